The van der Waals surface area contributed by atoms with E-state index in [2.05, 4.69) is 5.10 Å². The van der Waals surface area contributed by atoms with Gasteiger partial charge in [-0.15, -0.1) is 0 Å². The van der Waals surface area contributed by atoms with Crippen LogP contribution in [-0.4, -0.2) is 38.0 Å². The topological polar surface area (TPSA) is 60.4 Å². The second kappa shape index (κ2) is 7.47. The van der Waals surface area contributed by atoms with Crippen molar-refractivity contribution in [1.82, 2.24) is 5.01 Å². The normalized spacial score (nSPS) is 16.2. The zero-order valence-electron chi connectivity index (χ0n) is 15.4. The summed E-state index contributed by atoms with van der Waals surface area (Å²) in [6, 6.07) is 13.1. The smallest absolute Gasteiger partial charge is 0.240 e. The molecule has 1 aliphatic heterocycles. The van der Waals surface area contributed by atoms with Gasteiger partial charge in [0.25, 0.3) is 0 Å². The van der Waals surface area contributed by atoms with Crippen molar-refractivity contribution < 1.29 is 19.0 Å². The van der Waals surface area contributed by atoms with Gasteiger partial charge in [0.1, 0.15) is 17.2 Å². The molecule has 0 aliphatic carbocycles. The summed E-state index contributed by atoms with van der Waals surface area (Å²) in [6.45, 7) is 1.52. The lowest BCUT2D eigenvalue weighted by Crippen LogP contribution is -2.24. The second-order valence-electron chi connectivity index (χ2n) is 6.00. The SMILES string of the molecule is COc1ccc(C2=NN(C(C)=O)[C@@H](c3cc(OC)cc(OC)c3)C2)cc1. The zero-order chi connectivity index (χ0) is 18.7. The molecular weight excluding hydrogens is 332 g/mol. The van der Waals surface area contributed by atoms with E-state index in [4.69, 9.17) is 14.2 Å². The first-order valence-electron chi connectivity index (χ1n) is 8.30. The van der Waals surface area contributed by atoms with Gasteiger partial charge in [-0.25, -0.2) is 5.01 Å². The number of hydrogen-bond acceptors (Lipinski definition) is 5. The second-order valence-corrected chi connectivity index (χ2v) is 6.00. The van der Waals surface area contributed by atoms with Crippen molar-refractivity contribution in [2.45, 2.75) is 19.4 Å². The van der Waals surface area contributed by atoms with Gasteiger partial charge in [-0.3, -0.25) is 4.79 Å². The van der Waals surface area contributed by atoms with Gasteiger partial charge in [0.05, 0.1) is 33.1 Å². The van der Waals surface area contributed by atoms with Gasteiger partial charge < -0.3 is 14.2 Å². The van der Waals surface area contributed by atoms with Crippen LogP contribution in [0.25, 0.3) is 0 Å². The van der Waals surface area contributed by atoms with Crippen LogP contribution in [0, 0.1) is 0 Å². The molecule has 2 aromatic carbocycles. The van der Waals surface area contributed by atoms with Gasteiger partial charge in [0.2, 0.25) is 5.91 Å². The van der Waals surface area contributed by atoms with E-state index in [1.165, 1.54) is 11.9 Å². The first kappa shape index (κ1) is 17.8. The molecule has 1 aliphatic rings. The van der Waals surface area contributed by atoms with E-state index in [0.717, 1.165) is 22.6 Å². The minimum Gasteiger partial charge on any atom is -0.497 e. The largest absolute Gasteiger partial charge is 0.497 e. The van der Waals surface area contributed by atoms with E-state index >= 15 is 0 Å². The number of carbonyl (C=O) groups excluding carboxylic acids is 1. The molecule has 0 saturated carbocycles. The molecule has 6 heteroatoms. The van der Waals surface area contributed by atoms with Gasteiger partial charge in [-0.2, -0.15) is 5.10 Å². The van der Waals surface area contributed by atoms with Crippen molar-refractivity contribution in [3.63, 3.8) is 0 Å². The Hall–Kier alpha value is -3.02. The van der Waals surface area contributed by atoms with Crippen molar-refractivity contribution in [1.29, 1.82) is 0 Å². The highest BCUT2D eigenvalue weighted by Crippen LogP contribution is 2.36. The molecule has 26 heavy (non-hydrogen) atoms. The number of rotatable bonds is 5. The molecule has 1 amide bonds. The summed E-state index contributed by atoms with van der Waals surface area (Å²) < 4.78 is 15.9. The molecule has 0 unspecified atom stereocenters. The number of methoxy groups -OCH3 is 3. The number of benzene rings is 2. The molecule has 0 radical (unpaired) electrons. The van der Waals surface area contributed by atoms with Gasteiger partial charge in [-0.1, -0.05) is 0 Å². The predicted octanol–water partition coefficient (Wildman–Crippen LogP) is 3.41. The summed E-state index contributed by atoms with van der Waals surface area (Å²) in [5, 5.41) is 6.08. The molecule has 0 saturated heterocycles. The average molecular weight is 354 g/mol. The molecule has 2 aromatic rings. The third-order valence-corrected chi connectivity index (χ3v) is 4.41. The molecule has 6 nitrogen and oxygen atoms in total. The van der Waals surface area contributed by atoms with Crippen molar-refractivity contribution in [3.05, 3.63) is 53.6 Å². The molecule has 0 N–H and O–H groups in total. The standard InChI is InChI=1S/C20H22N2O4/c1-13(23)22-20(15-9-17(25-3)11-18(10-15)26-4)12-19(21-22)14-5-7-16(24-2)8-6-14/h5-11,20H,12H2,1-4H3/t20-/m1/s1. The van der Waals surface area contributed by atoms with Crippen LogP contribution in [0.5, 0.6) is 17.2 Å². The Balaban J connectivity index is 1.95. The number of hydrogen-bond donors (Lipinski definition) is 0. The Morgan fingerprint density at radius 1 is 0.962 bits per heavy atom. The van der Waals surface area contributed by atoms with Crippen LogP contribution >= 0.6 is 0 Å². The lowest BCUT2D eigenvalue weighted by molar-refractivity contribution is -0.130. The van der Waals surface area contributed by atoms with Gasteiger partial charge in [0, 0.05) is 19.4 Å². The van der Waals surface area contributed by atoms with Gasteiger partial charge in [-0.05, 0) is 47.5 Å². The Bertz CT molecular complexity index is 808. The van der Waals surface area contributed by atoms with Crippen molar-refractivity contribution in [3.8, 4) is 17.2 Å². The lowest BCUT2D eigenvalue weighted by Gasteiger charge is -2.21. The summed E-state index contributed by atoms with van der Waals surface area (Å²) in [5.41, 5.74) is 2.74. The minimum atomic E-state index is -0.200. The quantitative estimate of drug-likeness (QED) is 0.826. The predicted molar refractivity (Wildman–Crippen MR) is 99.0 cm³/mol. The van der Waals surface area contributed by atoms with Crippen LogP contribution in [0.4, 0.5) is 0 Å². The highest BCUT2D eigenvalue weighted by Gasteiger charge is 2.32. The molecular formula is C20H22N2O4. The van der Waals surface area contributed by atoms with Crippen LogP contribution in [0.3, 0.4) is 0 Å². The third kappa shape index (κ3) is 3.49. The molecule has 0 aromatic heterocycles. The van der Waals surface area contributed by atoms with E-state index in [-0.39, 0.29) is 11.9 Å². The summed E-state index contributed by atoms with van der Waals surface area (Å²) in [6.07, 6.45) is 0.613. The maximum atomic E-state index is 12.2. The summed E-state index contributed by atoms with van der Waals surface area (Å²) >= 11 is 0. The van der Waals surface area contributed by atoms with Crippen molar-refractivity contribution in [2.75, 3.05) is 21.3 Å². The molecule has 1 heterocycles. The summed E-state index contributed by atoms with van der Waals surface area (Å²) in [5.74, 6) is 2.03. The van der Waals surface area contributed by atoms with Crippen molar-refractivity contribution in [2.24, 2.45) is 5.10 Å². The fourth-order valence-corrected chi connectivity index (χ4v) is 3.04. The Morgan fingerprint density at radius 2 is 1.54 bits per heavy atom. The van der Waals surface area contributed by atoms with Gasteiger partial charge in [0.15, 0.2) is 0 Å². The number of ether oxygens (including phenoxy) is 3. The number of amides is 1. The molecule has 136 valence electrons. The molecule has 0 spiro atoms. The minimum absolute atomic E-state index is 0.111. The average Bonchev–Trinajstić information content (AvgIpc) is 3.13. The van der Waals surface area contributed by atoms with Crippen LogP contribution in [-0.2, 0) is 4.79 Å². The Morgan fingerprint density at radius 3 is 2.04 bits per heavy atom. The van der Waals surface area contributed by atoms with E-state index in [0.29, 0.717) is 17.9 Å². The van der Waals surface area contributed by atoms with Gasteiger partial charge >= 0.3 is 0 Å². The van der Waals surface area contributed by atoms with Crippen LogP contribution in [0.15, 0.2) is 47.6 Å². The Kier molecular flexibility index (Phi) is 5.11. The van der Waals surface area contributed by atoms with Crippen LogP contribution in [0.2, 0.25) is 0 Å². The maximum absolute atomic E-state index is 12.2. The molecule has 0 fully saturated rings. The summed E-state index contributed by atoms with van der Waals surface area (Å²) in [7, 11) is 4.84. The highest BCUT2D eigenvalue weighted by molar-refractivity contribution is 6.03. The Labute approximate surface area is 153 Å². The number of nitrogens with zero attached hydrogens (tertiary/aromatic N) is 2. The summed E-state index contributed by atoms with van der Waals surface area (Å²) in [4.78, 5) is 12.2. The maximum Gasteiger partial charge on any atom is 0.240 e. The lowest BCUT2D eigenvalue weighted by atomic mass is 9.98. The van der Waals surface area contributed by atoms with Crippen LogP contribution < -0.4 is 14.2 Å². The fourth-order valence-electron chi connectivity index (χ4n) is 3.04. The first-order valence-corrected chi connectivity index (χ1v) is 8.30. The molecule has 1 atom stereocenters. The van der Waals surface area contributed by atoms with E-state index in [1.54, 1.807) is 21.3 Å². The molecule has 3 rings (SSSR count). The van der Waals surface area contributed by atoms with Crippen LogP contribution in [0.1, 0.15) is 30.5 Å². The fraction of sp³-hybridized carbons (Fsp3) is 0.300. The molecule has 0 bridgehead atoms. The zero-order valence-corrected chi connectivity index (χ0v) is 15.4. The third-order valence-electron chi connectivity index (χ3n) is 4.41. The first-order chi connectivity index (χ1) is 12.5. The van der Waals surface area contributed by atoms with Crippen molar-refractivity contribution >= 4 is 11.6 Å². The van der Waals surface area contributed by atoms with E-state index in [9.17, 15) is 4.79 Å². The number of hydrazone groups is 1. The monoisotopic (exact) mass is 354 g/mol. The van der Waals surface area contributed by atoms with E-state index < -0.39 is 0 Å². The van der Waals surface area contributed by atoms with E-state index in [1.807, 2.05) is 42.5 Å². The number of carbonyl (C=O) groups is 1. The highest BCUT2D eigenvalue weighted by atomic mass is 16.5.